The van der Waals surface area contributed by atoms with Gasteiger partial charge in [0.2, 0.25) is 10.0 Å². The summed E-state index contributed by atoms with van der Waals surface area (Å²) in [6, 6.07) is 17.6. The molecule has 0 unspecified atom stereocenters. The van der Waals surface area contributed by atoms with Gasteiger partial charge in [-0.05, 0) is 44.2 Å². The van der Waals surface area contributed by atoms with Crippen LogP contribution in [0.4, 0.5) is 20.2 Å². The first-order valence-corrected chi connectivity index (χ1v) is 16.2. The molecular formula is C33H30F2N6O5S. The number of hydrogen-bond donors (Lipinski definition) is 1. The standard InChI is InChI=1S/C33H30F2N6O5S/c1-20(2)47(44,45)39-18-27-28(19-39)41-30(26(17-37-41)38-31(42)21-9-14-29(46-3)22(15-21)16-36)32(43)40(27)25-12-10-24(11-13-25)33(34,35)23-7-5-4-6-8-23/h4-15,17,20,27-28H,18-19H2,1-3H3,(H,38,42)/t27-,28-/m0/s1. The Bertz CT molecular complexity index is 2010. The summed E-state index contributed by atoms with van der Waals surface area (Å²) in [6.45, 7) is 3.10. The lowest BCUT2D eigenvalue weighted by Crippen LogP contribution is -2.51. The quantitative estimate of drug-likeness (QED) is 0.287. The van der Waals surface area contributed by atoms with E-state index < -0.39 is 45.1 Å². The van der Waals surface area contributed by atoms with Gasteiger partial charge in [-0.3, -0.25) is 14.3 Å². The molecule has 0 radical (unpaired) electrons. The van der Waals surface area contributed by atoms with Gasteiger partial charge in [-0.2, -0.15) is 23.4 Å². The molecule has 2 aliphatic rings. The number of nitrogens with zero attached hydrogens (tertiary/aromatic N) is 5. The number of nitrogens with one attached hydrogen (secondary N) is 1. The Morgan fingerprint density at radius 1 is 1.04 bits per heavy atom. The number of halogens is 2. The second-order valence-corrected chi connectivity index (χ2v) is 14.0. The van der Waals surface area contributed by atoms with Crippen molar-refractivity contribution in [3.63, 3.8) is 0 Å². The molecule has 2 amide bonds. The van der Waals surface area contributed by atoms with E-state index in [9.17, 15) is 23.3 Å². The number of nitriles is 1. The maximum Gasteiger partial charge on any atom is 0.298 e. The van der Waals surface area contributed by atoms with Crippen molar-refractivity contribution in [1.29, 1.82) is 5.26 Å². The van der Waals surface area contributed by atoms with Crippen molar-refractivity contribution >= 4 is 33.2 Å². The molecule has 6 rings (SSSR count). The SMILES string of the molecule is COc1ccc(C(=O)Nc2cnn3c2C(=O)N(c2ccc(C(F)(F)c4ccccc4)cc2)[C@H]2CN(S(=O)(=O)C(C)C)C[C@@H]23)cc1C#N. The van der Waals surface area contributed by atoms with Gasteiger partial charge < -0.3 is 15.0 Å². The summed E-state index contributed by atoms with van der Waals surface area (Å²) >= 11 is 0. The lowest BCUT2D eigenvalue weighted by Gasteiger charge is -2.37. The first kappa shape index (κ1) is 31.8. The number of carbonyl (C=O) groups excluding carboxylic acids is 2. The molecule has 2 aliphatic heterocycles. The van der Waals surface area contributed by atoms with Crippen LogP contribution in [0.25, 0.3) is 0 Å². The normalized spacial score (nSPS) is 18.1. The van der Waals surface area contributed by atoms with Crippen LogP contribution in [0.15, 0.2) is 79.0 Å². The molecule has 2 atom stereocenters. The van der Waals surface area contributed by atoms with Crippen LogP contribution in [0.1, 0.15) is 57.4 Å². The maximum atomic E-state index is 15.3. The lowest BCUT2D eigenvalue weighted by molar-refractivity contribution is 0.0428. The van der Waals surface area contributed by atoms with E-state index in [-0.39, 0.29) is 52.4 Å². The molecule has 4 aromatic rings. The van der Waals surface area contributed by atoms with E-state index in [1.54, 1.807) is 19.9 Å². The number of amides is 2. The average molecular weight is 661 g/mol. The monoisotopic (exact) mass is 660 g/mol. The zero-order valence-corrected chi connectivity index (χ0v) is 26.4. The van der Waals surface area contributed by atoms with Crippen LogP contribution in [0, 0.1) is 11.3 Å². The van der Waals surface area contributed by atoms with Gasteiger partial charge in [0, 0.05) is 35.5 Å². The highest BCUT2D eigenvalue weighted by Crippen LogP contribution is 2.41. The van der Waals surface area contributed by atoms with Crippen LogP contribution in [0.2, 0.25) is 0 Å². The van der Waals surface area contributed by atoms with Crippen molar-refractivity contribution in [2.45, 2.75) is 37.1 Å². The maximum absolute atomic E-state index is 15.3. The van der Waals surface area contributed by atoms with E-state index in [2.05, 4.69) is 10.4 Å². The van der Waals surface area contributed by atoms with Gasteiger partial charge in [-0.25, -0.2) is 8.42 Å². The molecular weight excluding hydrogens is 630 g/mol. The third kappa shape index (κ3) is 5.41. The van der Waals surface area contributed by atoms with Crippen molar-refractivity contribution in [3.8, 4) is 11.8 Å². The smallest absolute Gasteiger partial charge is 0.298 e. The number of carbonyl (C=O) groups is 2. The second kappa shape index (κ2) is 11.9. The number of sulfonamides is 1. The third-order valence-corrected chi connectivity index (χ3v) is 10.7. The number of aromatic nitrogens is 2. The molecule has 1 N–H and O–H groups in total. The number of alkyl halides is 2. The Kier molecular flexibility index (Phi) is 8.06. The van der Waals surface area contributed by atoms with Gasteiger partial charge in [-0.15, -0.1) is 0 Å². The van der Waals surface area contributed by atoms with E-state index in [0.29, 0.717) is 5.75 Å². The predicted octanol–water partition coefficient (Wildman–Crippen LogP) is 4.78. The largest absolute Gasteiger partial charge is 0.495 e. The minimum Gasteiger partial charge on any atom is -0.495 e. The number of ether oxygens (including phenoxy) is 1. The highest BCUT2D eigenvalue weighted by atomic mass is 32.2. The van der Waals surface area contributed by atoms with Crippen molar-refractivity contribution in [2.75, 3.05) is 30.4 Å². The highest BCUT2D eigenvalue weighted by molar-refractivity contribution is 7.89. The molecule has 0 spiro atoms. The number of rotatable bonds is 8. The van der Waals surface area contributed by atoms with Gasteiger partial charge in [-0.1, -0.05) is 42.5 Å². The van der Waals surface area contributed by atoms with Crippen molar-refractivity contribution in [3.05, 3.63) is 107 Å². The Morgan fingerprint density at radius 3 is 2.34 bits per heavy atom. The van der Waals surface area contributed by atoms with Crippen LogP contribution in [0.5, 0.6) is 5.75 Å². The fourth-order valence-corrected chi connectivity index (χ4v) is 7.32. The van der Waals surface area contributed by atoms with E-state index in [1.807, 2.05) is 6.07 Å². The van der Waals surface area contributed by atoms with Crippen LogP contribution in [-0.2, 0) is 15.9 Å². The molecule has 47 heavy (non-hydrogen) atoms. The van der Waals surface area contributed by atoms with Gasteiger partial charge in [0.25, 0.3) is 17.7 Å². The van der Waals surface area contributed by atoms with Crippen LogP contribution in [-0.4, -0.2) is 65.8 Å². The number of hydrogen-bond acceptors (Lipinski definition) is 7. The van der Waals surface area contributed by atoms with E-state index in [4.69, 9.17) is 4.74 Å². The number of anilines is 2. The third-order valence-electron chi connectivity index (χ3n) is 8.52. The molecule has 242 valence electrons. The van der Waals surface area contributed by atoms with Gasteiger partial charge in [0.05, 0.1) is 41.9 Å². The molecule has 0 saturated carbocycles. The molecule has 1 fully saturated rings. The first-order chi connectivity index (χ1) is 22.4. The number of benzene rings is 3. The first-order valence-electron chi connectivity index (χ1n) is 14.7. The topological polar surface area (TPSA) is 138 Å². The summed E-state index contributed by atoms with van der Waals surface area (Å²) in [5, 5.41) is 15.8. The Labute approximate surface area is 270 Å². The van der Waals surface area contributed by atoms with Gasteiger partial charge in [0.15, 0.2) is 5.69 Å². The molecule has 14 heteroatoms. The van der Waals surface area contributed by atoms with Gasteiger partial charge >= 0.3 is 0 Å². The summed E-state index contributed by atoms with van der Waals surface area (Å²) in [6.07, 6.45) is 1.31. The second-order valence-electron chi connectivity index (χ2n) is 11.5. The lowest BCUT2D eigenvalue weighted by atomic mass is 9.99. The molecule has 1 aromatic heterocycles. The molecule has 0 bridgehead atoms. The summed E-state index contributed by atoms with van der Waals surface area (Å²) in [4.78, 5) is 28.9. The van der Waals surface area contributed by atoms with Crippen molar-refractivity contribution in [2.24, 2.45) is 0 Å². The van der Waals surface area contributed by atoms with E-state index >= 15 is 8.78 Å². The summed E-state index contributed by atoms with van der Waals surface area (Å²) < 4.78 is 65.0. The zero-order chi connectivity index (χ0) is 33.7. The Balaban J connectivity index is 1.38. The minimum absolute atomic E-state index is 0.00361. The van der Waals surface area contributed by atoms with Crippen molar-refractivity contribution < 1.29 is 31.5 Å². The van der Waals surface area contributed by atoms with Gasteiger partial charge in [0.1, 0.15) is 11.8 Å². The summed E-state index contributed by atoms with van der Waals surface area (Å²) in [7, 11) is -2.33. The van der Waals surface area contributed by atoms with E-state index in [0.717, 1.165) is 0 Å². The Morgan fingerprint density at radius 2 is 1.70 bits per heavy atom. The van der Waals surface area contributed by atoms with E-state index in [1.165, 1.54) is 93.9 Å². The molecule has 3 aromatic carbocycles. The van der Waals surface area contributed by atoms with Crippen LogP contribution in [0.3, 0.4) is 0 Å². The molecule has 1 saturated heterocycles. The predicted molar refractivity (Wildman–Crippen MR) is 169 cm³/mol. The summed E-state index contributed by atoms with van der Waals surface area (Å²) in [5.41, 5.74) is 0.144. The van der Waals surface area contributed by atoms with Crippen LogP contribution < -0.4 is 15.0 Å². The Hall–Kier alpha value is -5.13. The molecule has 11 nitrogen and oxygen atoms in total. The summed E-state index contributed by atoms with van der Waals surface area (Å²) in [5.74, 6) is -4.23. The number of fused-ring (bicyclic) bond motifs is 3. The molecule has 3 heterocycles. The minimum atomic E-state index is -3.73. The fourth-order valence-electron chi connectivity index (χ4n) is 6.00. The molecule has 0 aliphatic carbocycles. The average Bonchev–Trinajstić information content (AvgIpc) is 3.70. The fraction of sp³-hybridized carbons (Fsp3) is 0.273. The zero-order valence-electron chi connectivity index (χ0n) is 25.6. The van der Waals surface area contributed by atoms with Crippen molar-refractivity contribution in [1.82, 2.24) is 14.1 Å². The highest BCUT2D eigenvalue weighted by Gasteiger charge is 2.51. The van der Waals surface area contributed by atoms with Crippen LogP contribution >= 0.6 is 0 Å². The number of methoxy groups -OCH3 is 1.